The first-order valence-corrected chi connectivity index (χ1v) is 4.64. The maximum atomic E-state index is 11.7. The standard InChI is InChI=1S/C8H11BN4O/c1-12-8(9)10-6(11-12)7(14)13-4-2-3-5-13/h2-5H2,1H3. The molecule has 72 valence electrons. The molecular formula is C8H11BN4O. The second-order valence-corrected chi connectivity index (χ2v) is 3.42. The van der Waals surface area contributed by atoms with Gasteiger partial charge in [-0.25, -0.2) is 4.98 Å². The molecule has 0 aliphatic carbocycles. The molecule has 6 heteroatoms. The Morgan fingerprint density at radius 3 is 2.57 bits per heavy atom. The molecule has 1 aliphatic rings. The van der Waals surface area contributed by atoms with Crippen molar-refractivity contribution in [2.75, 3.05) is 13.1 Å². The fraction of sp³-hybridized carbons (Fsp3) is 0.625. The van der Waals surface area contributed by atoms with Gasteiger partial charge in [0.15, 0.2) is 7.85 Å². The number of hydrogen-bond acceptors (Lipinski definition) is 3. The number of aryl methyl sites for hydroxylation is 1. The highest BCUT2D eigenvalue weighted by molar-refractivity contribution is 6.29. The van der Waals surface area contributed by atoms with Crippen LogP contribution in [0.25, 0.3) is 0 Å². The van der Waals surface area contributed by atoms with E-state index in [4.69, 9.17) is 7.85 Å². The summed E-state index contributed by atoms with van der Waals surface area (Å²) in [6.45, 7) is 1.61. The first-order chi connectivity index (χ1) is 6.68. The Morgan fingerprint density at radius 1 is 1.43 bits per heavy atom. The van der Waals surface area contributed by atoms with Gasteiger partial charge in [0, 0.05) is 20.1 Å². The highest BCUT2D eigenvalue weighted by atomic mass is 16.2. The van der Waals surface area contributed by atoms with E-state index in [1.807, 2.05) is 0 Å². The van der Waals surface area contributed by atoms with Crippen LogP contribution in [0.3, 0.4) is 0 Å². The van der Waals surface area contributed by atoms with Crippen LogP contribution in [0.15, 0.2) is 0 Å². The zero-order valence-corrected chi connectivity index (χ0v) is 8.10. The lowest BCUT2D eigenvalue weighted by atomic mass is 10.1. The van der Waals surface area contributed by atoms with E-state index in [-0.39, 0.29) is 17.5 Å². The van der Waals surface area contributed by atoms with Gasteiger partial charge in [-0.1, -0.05) is 0 Å². The lowest BCUT2D eigenvalue weighted by Gasteiger charge is -2.11. The Hall–Kier alpha value is -1.33. The minimum Gasteiger partial charge on any atom is -0.336 e. The normalized spacial score (nSPS) is 16.2. The van der Waals surface area contributed by atoms with Crippen molar-refractivity contribution in [3.63, 3.8) is 0 Å². The minimum absolute atomic E-state index is 0.116. The lowest BCUT2D eigenvalue weighted by molar-refractivity contribution is 0.0780. The molecule has 0 bridgehead atoms. The highest BCUT2D eigenvalue weighted by Crippen LogP contribution is 2.09. The third-order valence-electron chi connectivity index (χ3n) is 2.38. The third kappa shape index (κ3) is 1.52. The molecule has 0 atom stereocenters. The fourth-order valence-electron chi connectivity index (χ4n) is 1.55. The largest absolute Gasteiger partial charge is 0.336 e. The molecule has 1 fully saturated rings. The molecule has 0 saturated carbocycles. The first kappa shape index (κ1) is 9.24. The summed E-state index contributed by atoms with van der Waals surface area (Å²) >= 11 is 0. The predicted molar refractivity (Wildman–Crippen MR) is 51.5 cm³/mol. The van der Waals surface area contributed by atoms with Crippen molar-refractivity contribution in [1.29, 1.82) is 0 Å². The van der Waals surface area contributed by atoms with E-state index < -0.39 is 0 Å². The molecule has 1 saturated heterocycles. The number of hydrogen-bond donors (Lipinski definition) is 0. The molecule has 0 N–H and O–H groups in total. The van der Waals surface area contributed by atoms with Crippen LogP contribution in [-0.2, 0) is 7.05 Å². The van der Waals surface area contributed by atoms with Crippen LogP contribution in [-0.4, -0.2) is 46.5 Å². The average Bonchev–Trinajstić information content (AvgIpc) is 2.76. The number of amides is 1. The molecule has 14 heavy (non-hydrogen) atoms. The van der Waals surface area contributed by atoms with Gasteiger partial charge in [0.25, 0.3) is 5.91 Å². The van der Waals surface area contributed by atoms with Gasteiger partial charge >= 0.3 is 0 Å². The highest BCUT2D eigenvalue weighted by Gasteiger charge is 2.22. The number of aromatic nitrogens is 3. The summed E-state index contributed by atoms with van der Waals surface area (Å²) in [7, 11) is 7.17. The molecule has 1 aromatic rings. The van der Waals surface area contributed by atoms with E-state index in [2.05, 4.69) is 10.1 Å². The molecule has 2 rings (SSSR count). The summed E-state index contributed by atoms with van der Waals surface area (Å²) in [4.78, 5) is 17.4. The first-order valence-electron chi connectivity index (χ1n) is 4.64. The van der Waals surface area contributed by atoms with Crippen molar-refractivity contribution >= 4 is 19.5 Å². The van der Waals surface area contributed by atoms with Gasteiger partial charge in [-0.15, -0.1) is 5.10 Å². The Bertz CT molecular complexity index is 337. The number of carbonyl (C=O) groups excluding carboxylic acids is 1. The summed E-state index contributed by atoms with van der Waals surface area (Å²) in [6.07, 6.45) is 2.13. The predicted octanol–water partition coefficient (Wildman–Crippen LogP) is -1.16. The van der Waals surface area contributed by atoms with Gasteiger partial charge in [0.2, 0.25) is 5.82 Å². The molecule has 5 nitrogen and oxygen atoms in total. The van der Waals surface area contributed by atoms with Crippen molar-refractivity contribution in [2.24, 2.45) is 7.05 Å². The minimum atomic E-state index is -0.116. The summed E-state index contributed by atoms with van der Waals surface area (Å²) < 4.78 is 1.41. The quantitative estimate of drug-likeness (QED) is 0.525. The summed E-state index contributed by atoms with van der Waals surface area (Å²) in [5.41, 5.74) is 0.271. The molecule has 0 aromatic carbocycles. The molecule has 2 heterocycles. The second kappa shape index (κ2) is 3.44. The number of rotatable bonds is 1. The molecular weight excluding hydrogens is 179 g/mol. The molecule has 1 aromatic heterocycles. The van der Waals surface area contributed by atoms with Gasteiger partial charge in [-0.3, -0.25) is 9.48 Å². The van der Waals surface area contributed by atoms with Gasteiger partial charge < -0.3 is 4.90 Å². The smallest absolute Gasteiger partial charge is 0.293 e. The summed E-state index contributed by atoms with van der Waals surface area (Å²) in [5, 5.41) is 3.94. The van der Waals surface area contributed by atoms with Crippen molar-refractivity contribution in [3.8, 4) is 0 Å². The Morgan fingerprint density at radius 2 is 2.07 bits per heavy atom. The summed E-state index contributed by atoms with van der Waals surface area (Å²) in [6, 6.07) is 0. The van der Waals surface area contributed by atoms with Crippen LogP contribution >= 0.6 is 0 Å². The van der Waals surface area contributed by atoms with E-state index in [9.17, 15) is 4.79 Å². The van der Waals surface area contributed by atoms with Crippen LogP contribution in [0, 0.1) is 0 Å². The van der Waals surface area contributed by atoms with Gasteiger partial charge in [-0.05, 0) is 12.8 Å². The van der Waals surface area contributed by atoms with Gasteiger partial charge in [0.1, 0.15) is 0 Å². The van der Waals surface area contributed by atoms with Crippen molar-refractivity contribution < 1.29 is 4.79 Å². The Kier molecular flexibility index (Phi) is 2.27. The van der Waals surface area contributed by atoms with Crippen molar-refractivity contribution in [3.05, 3.63) is 5.82 Å². The zero-order valence-electron chi connectivity index (χ0n) is 8.10. The van der Waals surface area contributed by atoms with Crippen LogP contribution in [0.1, 0.15) is 23.5 Å². The summed E-state index contributed by atoms with van der Waals surface area (Å²) in [5.74, 6) is 0.0849. The molecule has 1 aliphatic heterocycles. The number of nitrogens with zero attached hydrogens (tertiary/aromatic N) is 4. The van der Waals surface area contributed by atoms with E-state index in [1.54, 1.807) is 11.9 Å². The Labute approximate surface area is 83.5 Å². The van der Waals surface area contributed by atoms with Crippen molar-refractivity contribution in [1.82, 2.24) is 19.7 Å². The SMILES string of the molecule is [B]c1nc(C(=O)N2CCCC2)nn1C. The molecule has 1 amide bonds. The van der Waals surface area contributed by atoms with E-state index >= 15 is 0 Å². The zero-order chi connectivity index (χ0) is 10.1. The van der Waals surface area contributed by atoms with Gasteiger partial charge in [-0.2, -0.15) is 0 Å². The third-order valence-corrected chi connectivity index (χ3v) is 2.38. The Balaban J connectivity index is 2.18. The van der Waals surface area contributed by atoms with Crippen LogP contribution in [0.5, 0.6) is 0 Å². The van der Waals surface area contributed by atoms with Gasteiger partial charge in [0.05, 0.1) is 5.72 Å². The topological polar surface area (TPSA) is 51.0 Å². The molecule has 0 spiro atoms. The number of likely N-dealkylation sites (tertiary alicyclic amines) is 1. The van der Waals surface area contributed by atoms with Crippen LogP contribution < -0.4 is 5.72 Å². The van der Waals surface area contributed by atoms with E-state index in [0.717, 1.165) is 25.9 Å². The lowest BCUT2D eigenvalue weighted by Crippen LogP contribution is -2.28. The average molecular weight is 190 g/mol. The maximum Gasteiger partial charge on any atom is 0.293 e. The second-order valence-electron chi connectivity index (χ2n) is 3.42. The fourth-order valence-corrected chi connectivity index (χ4v) is 1.55. The molecule has 0 unspecified atom stereocenters. The van der Waals surface area contributed by atoms with Crippen LogP contribution in [0.2, 0.25) is 0 Å². The molecule has 2 radical (unpaired) electrons. The van der Waals surface area contributed by atoms with Crippen molar-refractivity contribution in [2.45, 2.75) is 12.8 Å². The van der Waals surface area contributed by atoms with E-state index in [0.29, 0.717) is 0 Å². The van der Waals surface area contributed by atoms with E-state index in [1.165, 1.54) is 4.68 Å². The monoisotopic (exact) mass is 190 g/mol. The number of carbonyl (C=O) groups is 1. The van der Waals surface area contributed by atoms with Crippen LogP contribution in [0.4, 0.5) is 0 Å². The maximum absolute atomic E-state index is 11.7.